The molecule has 5 rings (SSSR count). The fourth-order valence-electron chi connectivity index (χ4n) is 6.49. The number of fused-ring (bicyclic) bond motifs is 2. The van der Waals surface area contributed by atoms with E-state index in [0.717, 1.165) is 35.6 Å². The zero-order valence-electron chi connectivity index (χ0n) is 22.9. The molecule has 2 heterocycles. The molecule has 2 unspecified atom stereocenters. The van der Waals surface area contributed by atoms with Crippen LogP contribution in [0.15, 0.2) is 58.1 Å². The molecular weight excluding hydrogens is 444 g/mol. The van der Waals surface area contributed by atoms with Crippen molar-refractivity contribution >= 4 is 22.8 Å². The van der Waals surface area contributed by atoms with Crippen LogP contribution in [0.25, 0.3) is 11.4 Å². The maximum Gasteiger partial charge on any atom is 0.204 e. The van der Waals surface area contributed by atoms with E-state index in [9.17, 15) is 9.59 Å². The van der Waals surface area contributed by atoms with Gasteiger partial charge in [0.25, 0.3) is 0 Å². The Kier molecular flexibility index (Phi) is 5.59. The molecule has 2 aliphatic heterocycles. The molecule has 3 aromatic carbocycles. The van der Waals surface area contributed by atoms with E-state index in [1.54, 1.807) is 0 Å². The first-order valence-corrected chi connectivity index (χ1v) is 13.4. The van der Waals surface area contributed by atoms with E-state index < -0.39 is 10.8 Å². The van der Waals surface area contributed by atoms with Crippen molar-refractivity contribution in [2.45, 2.75) is 91.1 Å². The van der Waals surface area contributed by atoms with Gasteiger partial charge in [0.2, 0.25) is 10.9 Å². The standard InChI is InChI=1S/C32H38N2O2/c1-9-19(3)33-23-17-13-11-15-21(23)31(5,6)29(33)25-27(35)26(28(25)36)30-32(7,8)22-16-12-14-18-24(22)34(30)20(4)10-2/h11-20H,9-10H2,1-8H3. The summed E-state index contributed by atoms with van der Waals surface area (Å²) in [5.41, 5.74) is 5.21. The second-order valence-corrected chi connectivity index (χ2v) is 11.6. The molecule has 0 aliphatic carbocycles. The van der Waals surface area contributed by atoms with Crippen LogP contribution in [-0.2, 0) is 10.8 Å². The van der Waals surface area contributed by atoms with E-state index in [4.69, 9.17) is 0 Å². The van der Waals surface area contributed by atoms with Crippen molar-refractivity contribution in [3.63, 3.8) is 0 Å². The van der Waals surface area contributed by atoms with Crippen LogP contribution in [0.3, 0.4) is 0 Å². The third-order valence-electron chi connectivity index (χ3n) is 8.78. The molecule has 36 heavy (non-hydrogen) atoms. The van der Waals surface area contributed by atoms with E-state index >= 15 is 0 Å². The van der Waals surface area contributed by atoms with Crippen molar-refractivity contribution in [3.8, 4) is 0 Å². The highest BCUT2D eigenvalue weighted by atomic mass is 16.1. The summed E-state index contributed by atoms with van der Waals surface area (Å²) in [6, 6.07) is 17.0. The maximum atomic E-state index is 14.1. The zero-order chi connectivity index (χ0) is 26.2. The third-order valence-corrected chi connectivity index (χ3v) is 8.78. The Hall–Kier alpha value is -3.14. The number of nitrogens with zero attached hydrogens (tertiary/aromatic N) is 2. The zero-order valence-corrected chi connectivity index (χ0v) is 22.9. The first-order valence-electron chi connectivity index (χ1n) is 13.4. The second kappa shape index (κ2) is 8.19. The lowest BCUT2D eigenvalue weighted by Crippen LogP contribution is -2.69. The summed E-state index contributed by atoms with van der Waals surface area (Å²) in [5, 5.41) is 0.740. The molecule has 0 saturated heterocycles. The van der Waals surface area contributed by atoms with Crippen molar-refractivity contribution in [1.82, 2.24) is 0 Å². The fourth-order valence-corrected chi connectivity index (χ4v) is 6.49. The summed E-state index contributed by atoms with van der Waals surface area (Å²) in [6.45, 7) is 17.2. The molecule has 0 spiro atoms. The van der Waals surface area contributed by atoms with Gasteiger partial charge in [-0.3, -0.25) is 9.59 Å². The SMILES string of the molecule is CCC(C)N1C(=c2c(=O)c(=C3N(C(C)CC)c4ccccc4C3(C)C)c2=O)C(C)(C)c2ccccc21. The van der Waals surface area contributed by atoms with Crippen molar-refractivity contribution < 1.29 is 0 Å². The van der Waals surface area contributed by atoms with Gasteiger partial charge in [0.05, 0.1) is 10.4 Å². The first kappa shape index (κ1) is 24.5. The second-order valence-electron chi connectivity index (χ2n) is 11.6. The molecule has 0 aromatic heterocycles. The highest BCUT2D eigenvalue weighted by Gasteiger charge is 2.46. The molecule has 0 radical (unpaired) electrons. The Morgan fingerprint density at radius 1 is 0.639 bits per heavy atom. The van der Waals surface area contributed by atoms with Gasteiger partial charge in [-0.25, -0.2) is 0 Å². The largest absolute Gasteiger partial charge is 0.340 e. The van der Waals surface area contributed by atoms with Gasteiger partial charge in [0.15, 0.2) is 0 Å². The quantitative estimate of drug-likeness (QED) is 0.541. The lowest BCUT2D eigenvalue weighted by molar-refractivity contribution is 0.642. The molecule has 0 saturated carbocycles. The summed E-state index contributed by atoms with van der Waals surface area (Å²) >= 11 is 0. The summed E-state index contributed by atoms with van der Waals surface area (Å²) in [6.07, 6.45) is 1.84. The molecule has 0 amide bonds. The molecule has 0 bridgehead atoms. The van der Waals surface area contributed by atoms with Crippen LogP contribution in [0.5, 0.6) is 0 Å². The Labute approximate surface area is 214 Å². The fraction of sp³-hybridized carbons (Fsp3) is 0.438. The highest BCUT2D eigenvalue weighted by molar-refractivity contribution is 5.89. The van der Waals surface area contributed by atoms with Crippen LogP contribution in [0.4, 0.5) is 11.4 Å². The topological polar surface area (TPSA) is 40.6 Å². The molecule has 4 heteroatoms. The van der Waals surface area contributed by atoms with Gasteiger partial charge >= 0.3 is 0 Å². The molecular formula is C32H38N2O2. The number of anilines is 2. The van der Waals surface area contributed by atoms with Gasteiger partial charge in [0, 0.05) is 45.7 Å². The Morgan fingerprint density at radius 3 is 1.31 bits per heavy atom. The predicted molar refractivity (Wildman–Crippen MR) is 151 cm³/mol. The maximum absolute atomic E-state index is 14.1. The van der Waals surface area contributed by atoms with Crippen LogP contribution < -0.4 is 31.1 Å². The van der Waals surface area contributed by atoms with Crippen LogP contribution in [0.1, 0.15) is 79.4 Å². The summed E-state index contributed by atoms with van der Waals surface area (Å²) in [4.78, 5) is 32.8. The number of hydrogen-bond donors (Lipinski definition) is 0. The van der Waals surface area contributed by atoms with Crippen LogP contribution in [-0.4, -0.2) is 12.1 Å². The molecule has 188 valence electrons. The van der Waals surface area contributed by atoms with Gasteiger partial charge < -0.3 is 9.80 Å². The minimum atomic E-state index is -0.429. The van der Waals surface area contributed by atoms with E-state index in [0.29, 0.717) is 10.4 Å². The summed E-state index contributed by atoms with van der Waals surface area (Å²) in [5.74, 6) is 0. The van der Waals surface area contributed by atoms with E-state index in [2.05, 4.69) is 89.5 Å². The lowest BCUT2D eigenvalue weighted by Gasteiger charge is -2.33. The summed E-state index contributed by atoms with van der Waals surface area (Å²) < 4.78 is 0. The van der Waals surface area contributed by atoms with Crippen molar-refractivity contribution in [1.29, 1.82) is 0 Å². The first-order chi connectivity index (χ1) is 17.0. The highest BCUT2D eigenvalue weighted by Crippen LogP contribution is 2.50. The lowest BCUT2D eigenvalue weighted by atomic mass is 9.80. The van der Waals surface area contributed by atoms with E-state index in [1.807, 2.05) is 24.3 Å². The number of hydrogen-bond acceptors (Lipinski definition) is 4. The van der Waals surface area contributed by atoms with Crippen molar-refractivity contribution in [3.05, 3.63) is 90.5 Å². The smallest absolute Gasteiger partial charge is 0.204 e. The molecule has 2 aliphatic rings. The third kappa shape index (κ3) is 3.06. The van der Waals surface area contributed by atoms with Gasteiger partial charge in [0.1, 0.15) is 0 Å². The van der Waals surface area contributed by atoms with E-state index in [1.165, 1.54) is 11.1 Å². The Bertz CT molecular complexity index is 1410. The average molecular weight is 483 g/mol. The van der Waals surface area contributed by atoms with E-state index in [-0.39, 0.29) is 22.9 Å². The molecule has 4 nitrogen and oxygen atoms in total. The van der Waals surface area contributed by atoms with Gasteiger partial charge in [-0.15, -0.1) is 0 Å². The number of rotatable bonds is 4. The Balaban J connectivity index is 1.88. The monoisotopic (exact) mass is 482 g/mol. The predicted octanol–water partition coefficient (Wildman–Crippen LogP) is 4.69. The minimum absolute atomic E-state index is 0.103. The normalized spacial score (nSPS) is 19.6. The molecule has 0 fully saturated rings. The molecule has 0 N–H and O–H groups in total. The molecule has 2 atom stereocenters. The van der Waals surface area contributed by atoms with Gasteiger partial charge in [-0.05, 0) is 49.9 Å². The van der Waals surface area contributed by atoms with Crippen LogP contribution in [0.2, 0.25) is 0 Å². The average Bonchev–Trinajstić information content (AvgIpc) is 3.23. The number of benzene rings is 2. The minimum Gasteiger partial charge on any atom is -0.340 e. The van der Waals surface area contributed by atoms with Gasteiger partial charge in [-0.1, -0.05) is 77.9 Å². The van der Waals surface area contributed by atoms with Crippen molar-refractivity contribution in [2.75, 3.05) is 9.80 Å². The van der Waals surface area contributed by atoms with Crippen molar-refractivity contribution in [2.24, 2.45) is 0 Å². The summed E-state index contributed by atoms with van der Waals surface area (Å²) in [7, 11) is 0. The number of para-hydroxylation sites is 2. The Morgan fingerprint density at radius 2 is 0.972 bits per heavy atom. The van der Waals surface area contributed by atoms with Crippen LogP contribution in [0, 0.1) is 0 Å². The molecule has 3 aromatic rings. The van der Waals surface area contributed by atoms with Gasteiger partial charge in [-0.2, -0.15) is 0 Å². The van der Waals surface area contributed by atoms with Crippen LogP contribution >= 0.6 is 0 Å².